The van der Waals surface area contributed by atoms with Gasteiger partial charge < -0.3 is 15.3 Å². The molecule has 0 saturated heterocycles. The Morgan fingerprint density at radius 3 is 2.47 bits per heavy atom. The molecular weight excluding hydrogens is 334 g/mol. The SMILES string of the molecule is CC(CS(C)(=O)=O)Nc1cc2[nH]c(=O)[nH]c2cc1Br. The van der Waals surface area contributed by atoms with Crippen LogP contribution in [0.3, 0.4) is 0 Å². The molecule has 1 unspecified atom stereocenters. The van der Waals surface area contributed by atoms with Gasteiger partial charge in [0.1, 0.15) is 9.84 Å². The number of aromatic amines is 2. The summed E-state index contributed by atoms with van der Waals surface area (Å²) in [5.41, 5.74) is 1.82. The second-order valence-electron chi connectivity index (χ2n) is 4.59. The van der Waals surface area contributed by atoms with Gasteiger partial charge in [-0.2, -0.15) is 0 Å². The summed E-state index contributed by atoms with van der Waals surface area (Å²) in [7, 11) is -3.04. The fourth-order valence-electron chi connectivity index (χ4n) is 1.93. The first-order valence-electron chi connectivity index (χ1n) is 5.60. The first-order valence-corrected chi connectivity index (χ1v) is 8.46. The number of rotatable bonds is 4. The topological polar surface area (TPSA) is 94.8 Å². The van der Waals surface area contributed by atoms with Crippen molar-refractivity contribution in [1.29, 1.82) is 0 Å². The van der Waals surface area contributed by atoms with E-state index in [1.165, 1.54) is 6.26 Å². The second kappa shape index (κ2) is 5.01. The molecule has 8 heteroatoms. The highest BCUT2D eigenvalue weighted by molar-refractivity contribution is 9.10. The quantitative estimate of drug-likeness (QED) is 0.780. The zero-order valence-electron chi connectivity index (χ0n) is 10.5. The Bertz CT molecular complexity index is 763. The van der Waals surface area contributed by atoms with Crippen LogP contribution in [-0.4, -0.2) is 36.4 Å². The largest absolute Gasteiger partial charge is 0.381 e. The minimum Gasteiger partial charge on any atom is -0.381 e. The summed E-state index contributed by atoms with van der Waals surface area (Å²) in [5, 5.41) is 3.11. The first-order chi connectivity index (χ1) is 8.74. The summed E-state index contributed by atoms with van der Waals surface area (Å²) in [5.74, 6) is 0.0428. The minimum absolute atomic E-state index is 0.0428. The van der Waals surface area contributed by atoms with Gasteiger partial charge >= 0.3 is 5.69 Å². The van der Waals surface area contributed by atoms with E-state index in [0.29, 0.717) is 11.0 Å². The summed E-state index contributed by atoms with van der Waals surface area (Å²) >= 11 is 3.39. The minimum atomic E-state index is -3.04. The van der Waals surface area contributed by atoms with Gasteiger partial charge in [0, 0.05) is 16.8 Å². The zero-order valence-corrected chi connectivity index (χ0v) is 12.9. The van der Waals surface area contributed by atoms with Gasteiger partial charge in [-0.3, -0.25) is 0 Å². The first kappa shape index (κ1) is 14.1. The molecular formula is C11H14BrN3O3S. The Labute approximate surface area is 118 Å². The molecule has 1 atom stereocenters. The van der Waals surface area contributed by atoms with Gasteiger partial charge in [0.25, 0.3) is 0 Å². The molecule has 0 radical (unpaired) electrons. The summed E-state index contributed by atoms with van der Waals surface area (Å²) < 4.78 is 23.2. The van der Waals surface area contributed by atoms with Gasteiger partial charge in [-0.05, 0) is 35.0 Å². The van der Waals surface area contributed by atoms with Crippen molar-refractivity contribution in [3.8, 4) is 0 Å². The number of anilines is 1. The predicted octanol–water partition coefficient (Wildman–Crippen LogP) is 1.46. The average molecular weight is 348 g/mol. The van der Waals surface area contributed by atoms with Crippen LogP contribution in [0, 0.1) is 0 Å². The maximum absolute atomic E-state index is 11.2. The van der Waals surface area contributed by atoms with Crippen molar-refractivity contribution in [3.05, 3.63) is 27.1 Å². The highest BCUT2D eigenvalue weighted by Crippen LogP contribution is 2.27. The Balaban J connectivity index is 2.29. The molecule has 6 nitrogen and oxygen atoms in total. The number of fused-ring (bicyclic) bond motifs is 1. The molecule has 0 aliphatic rings. The number of sulfone groups is 1. The smallest absolute Gasteiger partial charge is 0.323 e. The van der Waals surface area contributed by atoms with Crippen molar-refractivity contribution in [2.24, 2.45) is 0 Å². The molecule has 104 valence electrons. The molecule has 0 bridgehead atoms. The van der Waals surface area contributed by atoms with Crippen LogP contribution in [0.1, 0.15) is 6.92 Å². The van der Waals surface area contributed by atoms with Crippen LogP contribution in [0.2, 0.25) is 0 Å². The van der Waals surface area contributed by atoms with Gasteiger partial charge in [-0.1, -0.05) is 0 Å². The Kier molecular flexibility index (Phi) is 3.73. The number of hydrogen-bond acceptors (Lipinski definition) is 4. The monoisotopic (exact) mass is 347 g/mol. The van der Waals surface area contributed by atoms with E-state index in [9.17, 15) is 13.2 Å². The molecule has 19 heavy (non-hydrogen) atoms. The molecule has 0 aliphatic heterocycles. The number of nitrogens with one attached hydrogen (secondary N) is 3. The molecule has 2 rings (SSSR count). The molecule has 0 saturated carbocycles. The molecule has 1 aromatic heterocycles. The third-order valence-corrected chi connectivity index (χ3v) is 4.32. The molecule has 1 aromatic carbocycles. The van der Waals surface area contributed by atoms with Crippen molar-refractivity contribution >= 4 is 42.5 Å². The maximum atomic E-state index is 11.2. The van der Waals surface area contributed by atoms with Crippen LogP contribution in [0.4, 0.5) is 5.69 Å². The lowest BCUT2D eigenvalue weighted by Crippen LogP contribution is -2.25. The molecule has 1 heterocycles. The zero-order chi connectivity index (χ0) is 14.2. The summed E-state index contributed by atoms with van der Waals surface area (Å²) in [6.45, 7) is 1.79. The Morgan fingerprint density at radius 1 is 1.32 bits per heavy atom. The van der Waals surface area contributed by atoms with Crippen molar-refractivity contribution in [2.45, 2.75) is 13.0 Å². The second-order valence-corrected chi connectivity index (χ2v) is 7.63. The van der Waals surface area contributed by atoms with Gasteiger partial charge in [0.05, 0.1) is 22.5 Å². The number of aromatic nitrogens is 2. The van der Waals surface area contributed by atoms with Gasteiger partial charge in [0.15, 0.2) is 0 Å². The van der Waals surface area contributed by atoms with Gasteiger partial charge in [0.2, 0.25) is 0 Å². The predicted molar refractivity (Wildman–Crippen MR) is 79.4 cm³/mol. The van der Waals surface area contributed by atoms with E-state index in [0.717, 1.165) is 10.2 Å². The third-order valence-electron chi connectivity index (χ3n) is 2.56. The van der Waals surface area contributed by atoms with E-state index in [2.05, 4.69) is 31.2 Å². The van der Waals surface area contributed by atoms with Crippen molar-refractivity contribution in [2.75, 3.05) is 17.3 Å². The summed E-state index contributed by atoms with van der Waals surface area (Å²) in [6, 6.07) is 3.30. The number of H-pyrrole nitrogens is 2. The van der Waals surface area contributed by atoms with Gasteiger partial charge in [-0.15, -0.1) is 0 Å². The van der Waals surface area contributed by atoms with Crippen molar-refractivity contribution < 1.29 is 8.42 Å². The highest BCUT2D eigenvalue weighted by Gasteiger charge is 2.12. The van der Waals surface area contributed by atoms with Crippen LogP contribution < -0.4 is 11.0 Å². The van der Waals surface area contributed by atoms with Crippen molar-refractivity contribution in [1.82, 2.24) is 9.97 Å². The van der Waals surface area contributed by atoms with Crippen LogP contribution in [0.5, 0.6) is 0 Å². The summed E-state index contributed by atoms with van der Waals surface area (Å²) in [4.78, 5) is 16.5. The highest BCUT2D eigenvalue weighted by atomic mass is 79.9. The molecule has 3 N–H and O–H groups in total. The molecule has 0 spiro atoms. The fraction of sp³-hybridized carbons (Fsp3) is 0.364. The fourth-order valence-corrected chi connectivity index (χ4v) is 3.38. The van der Waals surface area contributed by atoms with Crippen molar-refractivity contribution in [3.63, 3.8) is 0 Å². The number of halogens is 1. The van der Waals surface area contributed by atoms with E-state index < -0.39 is 9.84 Å². The number of benzene rings is 1. The molecule has 0 aliphatic carbocycles. The lowest BCUT2D eigenvalue weighted by molar-refractivity contribution is 0.598. The van der Waals surface area contributed by atoms with Crippen LogP contribution >= 0.6 is 15.9 Å². The number of imidazole rings is 1. The van der Waals surface area contributed by atoms with Crippen LogP contribution in [-0.2, 0) is 9.84 Å². The van der Waals surface area contributed by atoms with E-state index in [1.807, 2.05) is 0 Å². The van der Waals surface area contributed by atoms with E-state index >= 15 is 0 Å². The van der Waals surface area contributed by atoms with Crippen LogP contribution in [0.15, 0.2) is 21.4 Å². The van der Waals surface area contributed by atoms with E-state index in [1.54, 1.807) is 19.1 Å². The van der Waals surface area contributed by atoms with E-state index in [4.69, 9.17) is 0 Å². The lowest BCUT2D eigenvalue weighted by atomic mass is 10.2. The normalized spacial score (nSPS) is 13.6. The Morgan fingerprint density at radius 2 is 1.89 bits per heavy atom. The average Bonchev–Trinajstić information content (AvgIpc) is 2.55. The standard InChI is InChI=1S/C11H14BrN3O3S/c1-6(5-19(2,17)18)13-8-4-10-9(3-7(8)12)14-11(16)15-10/h3-4,6,13H,5H2,1-2H3,(H2,14,15,16). The molecule has 2 aromatic rings. The maximum Gasteiger partial charge on any atom is 0.323 e. The van der Waals surface area contributed by atoms with Crippen LogP contribution in [0.25, 0.3) is 11.0 Å². The molecule has 0 amide bonds. The third kappa shape index (κ3) is 3.60. The lowest BCUT2D eigenvalue weighted by Gasteiger charge is -2.15. The summed E-state index contributed by atoms with van der Waals surface area (Å²) in [6.07, 6.45) is 1.20. The number of hydrogen-bond donors (Lipinski definition) is 3. The van der Waals surface area contributed by atoms with Gasteiger partial charge in [-0.25, -0.2) is 13.2 Å². The van der Waals surface area contributed by atoms with E-state index in [-0.39, 0.29) is 17.5 Å². The Hall–Kier alpha value is -1.28. The molecule has 0 fully saturated rings.